The molecule has 0 radical (unpaired) electrons. The standard InChI is InChI=1S/C5H8N2O/c1-4(2)5-3-8-7-6-5/h3-4H,1-2H3. The van der Waals surface area contributed by atoms with Crippen LogP contribution in [0.5, 0.6) is 0 Å². The summed E-state index contributed by atoms with van der Waals surface area (Å²) in [6, 6.07) is 0. The first-order valence-corrected chi connectivity index (χ1v) is 2.57. The minimum absolute atomic E-state index is 0.418. The number of hydrogen-bond acceptors (Lipinski definition) is 3. The molecular formula is C5H8N2O. The zero-order chi connectivity index (χ0) is 5.98. The van der Waals surface area contributed by atoms with E-state index < -0.39 is 0 Å². The molecule has 0 saturated carbocycles. The fourth-order valence-corrected chi connectivity index (χ4v) is 0.423. The summed E-state index contributed by atoms with van der Waals surface area (Å²) in [5.74, 6) is 0.418. The Labute approximate surface area is 47.7 Å². The van der Waals surface area contributed by atoms with Gasteiger partial charge in [-0.2, -0.15) is 0 Å². The van der Waals surface area contributed by atoms with E-state index in [1.165, 1.54) is 0 Å². The maximum Gasteiger partial charge on any atom is 0.147 e. The highest BCUT2D eigenvalue weighted by Crippen LogP contribution is 2.07. The van der Waals surface area contributed by atoms with Crippen LogP contribution in [-0.4, -0.2) is 10.4 Å². The third-order valence-corrected chi connectivity index (χ3v) is 0.968. The molecule has 0 aliphatic rings. The van der Waals surface area contributed by atoms with Crippen LogP contribution in [0.2, 0.25) is 0 Å². The Morgan fingerprint density at radius 3 is 2.62 bits per heavy atom. The Kier molecular flexibility index (Phi) is 1.28. The van der Waals surface area contributed by atoms with Crippen molar-refractivity contribution in [2.24, 2.45) is 0 Å². The Bertz CT molecular complexity index is 145. The largest absolute Gasteiger partial charge is 0.345 e. The van der Waals surface area contributed by atoms with E-state index in [-0.39, 0.29) is 0 Å². The van der Waals surface area contributed by atoms with Gasteiger partial charge in [0.1, 0.15) is 12.0 Å². The summed E-state index contributed by atoms with van der Waals surface area (Å²) in [5, 5.41) is 7.02. The third kappa shape index (κ3) is 0.857. The molecule has 44 valence electrons. The summed E-state index contributed by atoms with van der Waals surface area (Å²) in [6.07, 6.45) is 1.56. The van der Waals surface area contributed by atoms with Crippen LogP contribution in [0.1, 0.15) is 25.5 Å². The lowest BCUT2D eigenvalue weighted by Gasteiger charge is -1.91. The summed E-state index contributed by atoms with van der Waals surface area (Å²) in [5.41, 5.74) is 0.907. The Morgan fingerprint density at radius 1 is 1.62 bits per heavy atom. The summed E-state index contributed by atoms with van der Waals surface area (Å²) < 4.78 is 4.51. The lowest BCUT2D eigenvalue weighted by atomic mass is 10.2. The van der Waals surface area contributed by atoms with Crippen LogP contribution in [0, 0.1) is 0 Å². The van der Waals surface area contributed by atoms with E-state index in [0.717, 1.165) is 5.69 Å². The van der Waals surface area contributed by atoms with Crippen LogP contribution in [0.15, 0.2) is 10.8 Å². The molecule has 0 aromatic carbocycles. The van der Waals surface area contributed by atoms with Crippen LogP contribution in [0.4, 0.5) is 0 Å². The molecule has 1 rings (SSSR count). The van der Waals surface area contributed by atoms with Crippen molar-refractivity contribution in [1.82, 2.24) is 10.4 Å². The lowest BCUT2D eigenvalue weighted by molar-refractivity contribution is 0.392. The zero-order valence-corrected chi connectivity index (χ0v) is 4.96. The van der Waals surface area contributed by atoms with Crippen molar-refractivity contribution in [2.75, 3.05) is 0 Å². The second kappa shape index (κ2) is 1.94. The average Bonchev–Trinajstić information content (AvgIpc) is 2.12. The first-order chi connectivity index (χ1) is 3.80. The fourth-order valence-electron chi connectivity index (χ4n) is 0.423. The highest BCUT2D eigenvalue weighted by atomic mass is 16.5. The van der Waals surface area contributed by atoms with Gasteiger partial charge >= 0.3 is 0 Å². The molecule has 0 atom stereocenters. The molecule has 8 heavy (non-hydrogen) atoms. The van der Waals surface area contributed by atoms with Gasteiger partial charge in [0, 0.05) is 11.2 Å². The van der Waals surface area contributed by atoms with Crippen molar-refractivity contribution in [3.05, 3.63) is 12.0 Å². The molecule has 0 bridgehead atoms. The number of hydrogen-bond donors (Lipinski definition) is 0. The summed E-state index contributed by atoms with van der Waals surface area (Å²) >= 11 is 0. The van der Waals surface area contributed by atoms with Crippen molar-refractivity contribution in [2.45, 2.75) is 19.8 Å². The van der Waals surface area contributed by atoms with Gasteiger partial charge in [0.25, 0.3) is 0 Å². The number of nitrogens with zero attached hydrogens (tertiary/aromatic N) is 2. The van der Waals surface area contributed by atoms with Crippen LogP contribution in [-0.2, 0) is 0 Å². The first-order valence-electron chi connectivity index (χ1n) is 2.57. The van der Waals surface area contributed by atoms with E-state index in [2.05, 4.69) is 14.9 Å². The molecule has 3 nitrogen and oxygen atoms in total. The van der Waals surface area contributed by atoms with Gasteiger partial charge in [0.2, 0.25) is 0 Å². The van der Waals surface area contributed by atoms with Crippen LogP contribution < -0.4 is 0 Å². The maximum absolute atomic E-state index is 4.51. The second-order valence-corrected chi connectivity index (χ2v) is 1.98. The van der Waals surface area contributed by atoms with E-state index in [0.29, 0.717) is 5.92 Å². The average molecular weight is 112 g/mol. The van der Waals surface area contributed by atoms with Gasteiger partial charge in [-0.25, -0.2) is 0 Å². The van der Waals surface area contributed by atoms with E-state index in [1.807, 2.05) is 13.8 Å². The molecule has 0 N–H and O–H groups in total. The van der Waals surface area contributed by atoms with Gasteiger partial charge < -0.3 is 4.52 Å². The van der Waals surface area contributed by atoms with Gasteiger partial charge in [-0.1, -0.05) is 13.8 Å². The molecule has 1 heterocycles. The minimum atomic E-state index is 0.418. The molecule has 0 unspecified atom stereocenters. The molecule has 0 spiro atoms. The number of aromatic nitrogens is 2. The maximum atomic E-state index is 4.51. The Balaban J connectivity index is 2.77. The second-order valence-electron chi connectivity index (χ2n) is 1.98. The highest BCUT2D eigenvalue weighted by Gasteiger charge is 2.00. The quantitative estimate of drug-likeness (QED) is 0.547. The molecule has 1 aromatic heterocycles. The highest BCUT2D eigenvalue weighted by molar-refractivity contribution is 4.94. The van der Waals surface area contributed by atoms with E-state index in [4.69, 9.17) is 0 Å². The first kappa shape index (κ1) is 5.28. The van der Waals surface area contributed by atoms with Gasteiger partial charge in [-0.3, -0.25) is 0 Å². The monoisotopic (exact) mass is 112 g/mol. The molecular weight excluding hydrogens is 104 g/mol. The smallest absolute Gasteiger partial charge is 0.147 e. The third-order valence-electron chi connectivity index (χ3n) is 0.968. The van der Waals surface area contributed by atoms with Crippen molar-refractivity contribution < 1.29 is 4.52 Å². The van der Waals surface area contributed by atoms with Crippen LogP contribution in [0.3, 0.4) is 0 Å². The molecule has 3 heteroatoms. The predicted octanol–water partition coefficient (Wildman–Crippen LogP) is 1.19. The van der Waals surface area contributed by atoms with E-state index in [1.54, 1.807) is 6.26 Å². The zero-order valence-electron chi connectivity index (χ0n) is 4.96. The molecule has 0 fully saturated rings. The van der Waals surface area contributed by atoms with E-state index >= 15 is 0 Å². The summed E-state index contributed by atoms with van der Waals surface area (Å²) in [4.78, 5) is 0. The minimum Gasteiger partial charge on any atom is -0.345 e. The molecule has 1 aromatic rings. The van der Waals surface area contributed by atoms with Crippen molar-refractivity contribution in [3.8, 4) is 0 Å². The van der Waals surface area contributed by atoms with Gasteiger partial charge in [0.15, 0.2) is 0 Å². The summed E-state index contributed by atoms with van der Waals surface area (Å²) in [6.45, 7) is 4.08. The van der Waals surface area contributed by atoms with Gasteiger partial charge in [-0.05, 0) is 0 Å². The lowest BCUT2D eigenvalue weighted by Crippen LogP contribution is -1.85. The molecule has 0 aliphatic carbocycles. The fraction of sp³-hybridized carbons (Fsp3) is 0.600. The van der Waals surface area contributed by atoms with Crippen LogP contribution in [0.25, 0.3) is 0 Å². The van der Waals surface area contributed by atoms with Crippen LogP contribution >= 0.6 is 0 Å². The van der Waals surface area contributed by atoms with Gasteiger partial charge in [0.05, 0.1) is 0 Å². The predicted molar refractivity (Wildman–Crippen MR) is 28.4 cm³/mol. The van der Waals surface area contributed by atoms with Crippen molar-refractivity contribution >= 4 is 0 Å². The van der Waals surface area contributed by atoms with Crippen molar-refractivity contribution in [1.29, 1.82) is 0 Å². The SMILES string of the molecule is CC(C)c1conn1. The molecule has 0 saturated heterocycles. The Morgan fingerprint density at radius 2 is 2.38 bits per heavy atom. The molecule has 0 aliphatic heterocycles. The van der Waals surface area contributed by atoms with Gasteiger partial charge in [-0.15, -0.1) is 5.10 Å². The normalized spacial score (nSPS) is 10.4. The number of rotatable bonds is 1. The van der Waals surface area contributed by atoms with Crippen molar-refractivity contribution in [3.63, 3.8) is 0 Å². The summed E-state index contributed by atoms with van der Waals surface area (Å²) in [7, 11) is 0. The topological polar surface area (TPSA) is 38.9 Å². The van der Waals surface area contributed by atoms with E-state index in [9.17, 15) is 0 Å². The Hall–Kier alpha value is -0.860. The molecule has 0 amide bonds.